The van der Waals surface area contributed by atoms with E-state index in [1.165, 1.54) is 12.1 Å². The normalized spacial score (nSPS) is 10.9. The van der Waals surface area contributed by atoms with Gasteiger partial charge in [-0.2, -0.15) is 5.10 Å². The van der Waals surface area contributed by atoms with E-state index < -0.39 is 0 Å². The van der Waals surface area contributed by atoms with E-state index >= 15 is 0 Å². The van der Waals surface area contributed by atoms with Crippen LogP contribution in [0.15, 0.2) is 49.3 Å². The Morgan fingerprint density at radius 3 is 2.75 bits per heavy atom. The standard InChI is InChI=1S/C15H18FN3O/c1-2-7-18(8-9-20)11-13-10-17-19(12-13)15-5-3-14(16)4-6-15/h2-6,10,12,20H,1,7-9,11H2. The number of aliphatic hydroxyl groups excluding tert-OH is 1. The first kappa shape index (κ1) is 14.4. The third-order valence-corrected chi connectivity index (χ3v) is 2.94. The maximum atomic E-state index is 12.9. The van der Waals surface area contributed by atoms with Gasteiger partial charge in [0.2, 0.25) is 0 Å². The molecule has 1 aromatic heterocycles. The van der Waals surface area contributed by atoms with Gasteiger partial charge in [-0.15, -0.1) is 6.58 Å². The van der Waals surface area contributed by atoms with Crippen LogP contribution < -0.4 is 0 Å². The van der Waals surface area contributed by atoms with Crippen LogP contribution in [0.4, 0.5) is 4.39 Å². The smallest absolute Gasteiger partial charge is 0.123 e. The first-order chi connectivity index (χ1) is 9.72. The van der Waals surface area contributed by atoms with Crippen molar-refractivity contribution in [3.63, 3.8) is 0 Å². The molecule has 0 bridgehead atoms. The van der Waals surface area contributed by atoms with Crippen molar-refractivity contribution in [2.75, 3.05) is 19.7 Å². The van der Waals surface area contributed by atoms with Gasteiger partial charge in [0, 0.05) is 31.4 Å². The van der Waals surface area contributed by atoms with Gasteiger partial charge in [0.1, 0.15) is 5.82 Å². The highest BCUT2D eigenvalue weighted by atomic mass is 19.1. The highest BCUT2D eigenvalue weighted by Gasteiger charge is 2.06. The SMILES string of the molecule is C=CCN(CCO)Cc1cnn(-c2ccc(F)cc2)c1. The molecule has 2 rings (SSSR count). The zero-order chi connectivity index (χ0) is 14.4. The van der Waals surface area contributed by atoms with E-state index in [0.29, 0.717) is 19.6 Å². The average Bonchev–Trinajstić information content (AvgIpc) is 2.89. The van der Waals surface area contributed by atoms with Crippen molar-refractivity contribution in [1.29, 1.82) is 0 Å². The predicted octanol–water partition coefficient (Wildman–Crippen LogP) is 1.99. The minimum absolute atomic E-state index is 0.111. The highest BCUT2D eigenvalue weighted by molar-refractivity contribution is 5.31. The molecule has 0 aliphatic rings. The Morgan fingerprint density at radius 2 is 2.10 bits per heavy atom. The van der Waals surface area contributed by atoms with E-state index in [-0.39, 0.29) is 12.4 Å². The van der Waals surface area contributed by atoms with Crippen LogP contribution >= 0.6 is 0 Å². The molecular weight excluding hydrogens is 257 g/mol. The Labute approximate surface area is 117 Å². The van der Waals surface area contributed by atoms with Crippen molar-refractivity contribution in [1.82, 2.24) is 14.7 Å². The molecule has 0 spiro atoms. The molecule has 0 fully saturated rings. The Hall–Kier alpha value is -1.98. The van der Waals surface area contributed by atoms with Gasteiger partial charge in [-0.3, -0.25) is 4.90 Å². The third kappa shape index (κ3) is 3.76. The monoisotopic (exact) mass is 275 g/mol. The average molecular weight is 275 g/mol. The molecule has 5 heteroatoms. The lowest BCUT2D eigenvalue weighted by Gasteiger charge is -2.18. The molecule has 0 radical (unpaired) electrons. The number of aromatic nitrogens is 2. The van der Waals surface area contributed by atoms with Gasteiger partial charge in [-0.05, 0) is 24.3 Å². The Morgan fingerprint density at radius 1 is 1.35 bits per heavy atom. The van der Waals surface area contributed by atoms with Crippen LogP contribution in [0.5, 0.6) is 0 Å². The summed E-state index contributed by atoms with van der Waals surface area (Å²) in [6.07, 6.45) is 5.48. The van der Waals surface area contributed by atoms with Crippen LogP contribution in [0, 0.1) is 5.82 Å². The predicted molar refractivity (Wildman–Crippen MR) is 76.1 cm³/mol. The number of aliphatic hydroxyl groups is 1. The molecule has 0 amide bonds. The maximum absolute atomic E-state index is 12.9. The largest absolute Gasteiger partial charge is 0.395 e. The van der Waals surface area contributed by atoms with Gasteiger partial charge in [0.25, 0.3) is 0 Å². The summed E-state index contributed by atoms with van der Waals surface area (Å²) in [5.41, 5.74) is 1.85. The number of nitrogens with zero attached hydrogens (tertiary/aromatic N) is 3. The fourth-order valence-corrected chi connectivity index (χ4v) is 1.99. The van der Waals surface area contributed by atoms with Crippen molar-refractivity contribution < 1.29 is 9.50 Å². The molecule has 106 valence electrons. The number of hydrogen-bond acceptors (Lipinski definition) is 3. The molecule has 1 heterocycles. The fraction of sp³-hybridized carbons (Fsp3) is 0.267. The summed E-state index contributed by atoms with van der Waals surface area (Å²) >= 11 is 0. The molecule has 1 aromatic carbocycles. The molecule has 4 nitrogen and oxygen atoms in total. The molecule has 0 saturated carbocycles. The summed E-state index contributed by atoms with van der Waals surface area (Å²) in [5, 5.41) is 13.3. The summed E-state index contributed by atoms with van der Waals surface area (Å²) in [5.74, 6) is -0.263. The van der Waals surface area contributed by atoms with Gasteiger partial charge in [-0.25, -0.2) is 9.07 Å². The number of hydrogen-bond donors (Lipinski definition) is 1. The molecule has 2 aromatic rings. The number of rotatable bonds is 7. The van der Waals surface area contributed by atoms with Gasteiger partial charge < -0.3 is 5.11 Å². The van der Waals surface area contributed by atoms with E-state index in [9.17, 15) is 4.39 Å². The van der Waals surface area contributed by atoms with Crippen LogP contribution in [0.25, 0.3) is 5.69 Å². The van der Waals surface area contributed by atoms with E-state index in [1.807, 2.05) is 6.20 Å². The molecule has 0 atom stereocenters. The molecule has 0 aliphatic heterocycles. The van der Waals surface area contributed by atoms with E-state index in [0.717, 1.165) is 11.3 Å². The van der Waals surface area contributed by atoms with Gasteiger partial charge in [0.05, 0.1) is 18.5 Å². The second-order valence-electron chi connectivity index (χ2n) is 4.52. The van der Waals surface area contributed by atoms with E-state index in [2.05, 4.69) is 16.6 Å². The van der Waals surface area contributed by atoms with Crippen molar-refractivity contribution in [2.45, 2.75) is 6.54 Å². The Bertz CT molecular complexity index is 551. The minimum atomic E-state index is -0.263. The molecule has 1 N–H and O–H groups in total. The van der Waals surface area contributed by atoms with Crippen LogP contribution in [0.3, 0.4) is 0 Å². The summed E-state index contributed by atoms with van der Waals surface area (Å²) < 4.78 is 14.6. The topological polar surface area (TPSA) is 41.3 Å². The second-order valence-corrected chi connectivity index (χ2v) is 4.52. The number of halogens is 1. The lowest BCUT2D eigenvalue weighted by atomic mass is 10.3. The summed E-state index contributed by atoms with van der Waals surface area (Å²) in [4.78, 5) is 2.07. The quantitative estimate of drug-likeness (QED) is 0.786. The Balaban J connectivity index is 2.08. The summed E-state index contributed by atoms with van der Waals surface area (Å²) in [6.45, 7) is 5.81. The third-order valence-electron chi connectivity index (χ3n) is 2.94. The zero-order valence-corrected chi connectivity index (χ0v) is 11.2. The molecule has 0 aliphatic carbocycles. The van der Waals surface area contributed by atoms with Crippen LogP contribution in [-0.2, 0) is 6.54 Å². The van der Waals surface area contributed by atoms with E-state index in [1.54, 1.807) is 29.1 Å². The first-order valence-electron chi connectivity index (χ1n) is 6.46. The Kier molecular flexibility index (Phi) is 5.03. The highest BCUT2D eigenvalue weighted by Crippen LogP contribution is 2.11. The molecule has 0 unspecified atom stereocenters. The van der Waals surface area contributed by atoms with Gasteiger partial charge in [0.15, 0.2) is 0 Å². The number of benzene rings is 1. The van der Waals surface area contributed by atoms with Crippen molar-refractivity contribution in [3.8, 4) is 5.69 Å². The van der Waals surface area contributed by atoms with Crippen molar-refractivity contribution in [2.24, 2.45) is 0 Å². The lowest BCUT2D eigenvalue weighted by molar-refractivity contribution is 0.203. The van der Waals surface area contributed by atoms with Gasteiger partial charge >= 0.3 is 0 Å². The van der Waals surface area contributed by atoms with Crippen LogP contribution in [-0.4, -0.2) is 39.5 Å². The minimum Gasteiger partial charge on any atom is -0.395 e. The fourth-order valence-electron chi connectivity index (χ4n) is 1.99. The molecule has 20 heavy (non-hydrogen) atoms. The summed E-state index contributed by atoms with van der Waals surface area (Å²) in [6, 6.07) is 6.18. The molecule has 0 saturated heterocycles. The van der Waals surface area contributed by atoms with Crippen LogP contribution in [0.1, 0.15) is 5.56 Å². The maximum Gasteiger partial charge on any atom is 0.123 e. The van der Waals surface area contributed by atoms with Crippen molar-refractivity contribution >= 4 is 0 Å². The zero-order valence-electron chi connectivity index (χ0n) is 11.2. The first-order valence-corrected chi connectivity index (χ1v) is 6.46. The molecular formula is C15H18FN3O. The van der Waals surface area contributed by atoms with E-state index in [4.69, 9.17) is 5.11 Å². The van der Waals surface area contributed by atoms with Gasteiger partial charge in [-0.1, -0.05) is 6.08 Å². The lowest BCUT2D eigenvalue weighted by Crippen LogP contribution is -2.26. The summed E-state index contributed by atoms with van der Waals surface area (Å²) in [7, 11) is 0. The van der Waals surface area contributed by atoms with Crippen molar-refractivity contribution in [3.05, 3.63) is 60.7 Å². The second kappa shape index (κ2) is 6.98. The van der Waals surface area contributed by atoms with Crippen LogP contribution in [0.2, 0.25) is 0 Å².